The fraction of sp³-hybridized carbons (Fsp3) is 0.905. The first-order valence-electron chi connectivity index (χ1n) is 10.4. The van der Waals surface area contributed by atoms with E-state index in [1.807, 2.05) is 0 Å². The molecule has 0 spiro atoms. The molecule has 1 saturated carbocycles. The summed E-state index contributed by atoms with van der Waals surface area (Å²) in [4.78, 5) is 22.7. The normalized spacial score (nSPS) is 21.6. The highest BCUT2D eigenvalue weighted by Gasteiger charge is 2.33. The minimum absolute atomic E-state index is 0.217. The summed E-state index contributed by atoms with van der Waals surface area (Å²) in [6, 6.07) is 0. The third-order valence-corrected chi connectivity index (χ3v) is 5.82. The summed E-state index contributed by atoms with van der Waals surface area (Å²) in [5.74, 6) is 0.839. The number of hydrogen-bond acceptors (Lipinski definition) is 3. The third-order valence-electron chi connectivity index (χ3n) is 5.82. The summed E-state index contributed by atoms with van der Waals surface area (Å²) >= 11 is 0. The molecule has 1 aliphatic carbocycles. The van der Waals surface area contributed by atoms with E-state index >= 15 is 0 Å². The molecule has 0 bridgehead atoms. The number of unbranched alkanes of at least 4 members (excludes halogenated alkanes) is 5. The average Bonchev–Trinajstić information content (AvgIpc) is 2.94. The van der Waals surface area contributed by atoms with Crippen molar-refractivity contribution in [2.45, 2.75) is 96.8 Å². The number of aliphatic hydroxyl groups excluding tert-OH is 1. The lowest BCUT2D eigenvalue weighted by Crippen LogP contribution is -2.17. The molecule has 0 radical (unpaired) electrons. The minimum Gasteiger partial charge on any atom is -0.481 e. The van der Waals surface area contributed by atoms with E-state index in [0.717, 1.165) is 64.2 Å². The summed E-state index contributed by atoms with van der Waals surface area (Å²) in [5.41, 5.74) is 0. The highest BCUT2D eigenvalue weighted by molar-refractivity contribution is 5.83. The maximum atomic E-state index is 12.2. The first-order valence-corrected chi connectivity index (χ1v) is 10.4. The van der Waals surface area contributed by atoms with E-state index in [4.69, 9.17) is 5.11 Å². The predicted molar refractivity (Wildman–Crippen MR) is 101 cm³/mol. The van der Waals surface area contributed by atoms with Crippen LogP contribution in [0.25, 0.3) is 0 Å². The second kappa shape index (κ2) is 13.3. The first kappa shape index (κ1) is 22.1. The van der Waals surface area contributed by atoms with E-state index in [2.05, 4.69) is 6.92 Å². The van der Waals surface area contributed by atoms with Gasteiger partial charge in [0, 0.05) is 25.4 Å². The molecule has 0 aromatic carbocycles. The molecule has 146 valence electrons. The number of carboxylic acids is 1. The molecule has 0 aromatic heterocycles. The van der Waals surface area contributed by atoms with Crippen LogP contribution < -0.4 is 0 Å². The zero-order chi connectivity index (χ0) is 18.5. The maximum Gasteiger partial charge on any atom is 0.303 e. The van der Waals surface area contributed by atoms with Gasteiger partial charge in [-0.15, -0.1) is 0 Å². The van der Waals surface area contributed by atoms with Crippen LogP contribution >= 0.6 is 0 Å². The van der Waals surface area contributed by atoms with Gasteiger partial charge in [0.05, 0.1) is 0 Å². The van der Waals surface area contributed by atoms with Gasteiger partial charge in [0.25, 0.3) is 0 Å². The Labute approximate surface area is 153 Å². The van der Waals surface area contributed by atoms with Crippen molar-refractivity contribution in [3.8, 4) is 0 Å². The number of hydrogen-bond donors (Lipinski definition) is 2. The van der Waals surface area contributed by atoms with Gasteiger partial charge in [0.15, 0.2) is 0 Å². The molecule has 3 atom stereocenters. The van der Waals surface area contributed by atoms with Gasteiger partial charge in [-0.05, 0) is 50.4 Å². The number of aliphatic hydroxyl groups is 1. The molecule has 1 aliphatic rings. The average molecular weight is 355 g/mol. The van der Waals surface area contributed by atoms with Crippen LogP contribution in [0.1, 0.15) is 96.8 Å². The molecule has 0 aliphatic heterocycles. The van der Waals surface area contributed by atoms with Crippen molar-refractivity contribution in [1.29, 1.82) is 0 Å². The van der Waals surface area contributed by atoms with Gasteiger partial charge < -0.3 is 10.2 Å². The monoisotopic (exact) mass is 354 g/mol. The Balaban J connectivity index is 2.25. The molecule has 25 heavy (non-hydrogen) atoms. The molecule has 1 rings (SSSR count). The molecule has 0 amide bonds. The highest BCUT2D eigenvalue weighted by atomic mass is 16.4. The Morgan fingerprint density at radius 2 is 1.84 bits per heavy atom. The van der Waals surface area contributed by atoms with Crippen LogP contribution in [-0.4, -0.2) is 28.6 Å². The number of ketones is 1. The number of rotatable bonds is 15. The molecule has 0 heterocycles. The molecule has 2 N–H and O–H groups in total. The summed E-state index contributed by atoms with van der Waals surface area (Å²) in [6.45, 7) is 2.48. The topological polar surface area (TPSA) is 74.6 Å². The van der Waals surface area contributed by atoms with Gasteiger partial charge in [0.2, 0.25) is 0 Å². The molecule has 0 saturated heterocycles. The predicted octanol–water partition coefficient (Wildman–Crippen LogP) is 4.98. The third kappa shape index (κ3) is 9.39. The lowest BCUT2D eigenvalue weighted by Gasteiger charge is -2.21. The summed E-state index contributed by atoms with van der Waals surface area (Å²) in [5, 5.41) is 18.2. The van der Waals surface area contributed by atoms with Crippen LogP contribution in [0.4, 0.5) is 0 Å². The summed E-state index contributed by atoms with van der Waals surface area (Å²) < 4.78 is 0. The van der Waals surface area contributed by atoms with Gasteiger partial charge >= 0.3 is 5.97 Å². The van der Waals surface area contributed by atoms with E-state index in [9.17, 15) is 14.7 Å². The largest absolute Gasteiger partial charge is 0.481 e. The van der Waals surface area contributed by atoms with Gasteiger partial charge in [0.1, 0.15) is 5.78 Å². The molecular formula is C21H38O4. The maximum absolute atomic E-state index is 12.2. The highest BCUT2D eigenvalue weighted by Crippen LogP contribution is 2.37. The fourth-order valence-electron chi connectivity index (χ4n) is 4.17. The van der Waals surface area contributed by atoms with E-state index in [0.29, 0.717) is 17.6 Å². The van der Waals surface area contributed by atoms with Crippen LogP contribution in [0.15, 0.2) is 0 Å². The van der Waals surface area contributed by atoms with E-state index in [1.54, 1.807) is 0 Å². The Morgan fingerprint density at radius 3 is 2.52 bits per heavy atom. The van der Waals surface area contributed by atoms with Crippen LogP contribution in [0.2, 0.25) is 0 Å². The van der Waals surface area contributed by atoms with Crippen molar-refractivity contribution in [2.24, 2.45) is 17.8 Å². The minimum atomic E-state index is -0.719. The van der Waals surface area contributed by atoms with Crippen LogP contribution in [0.3, 0.4) is 0 Å². The van der Waals surface area contributed by atoms with E-state index in [-0.39, 0.29) is 18.9 Å². The lowest BCUT2D eigenvalue weighted by molar-refractivity contribution is -0.137. The number of carbonyl (C=O) groups excluding carboxylic acids is 1. The van der Waals surface area contributed by atoms with Crippen molar-refractivity contribution in [2.75, 3.05) is 6.61 Å². The zero-order valence-corrected chi connectivity index (χ0v) is 16.0. The first-order chi connectivity index (χ1) is 12.1. The van der Waals surface area contributed by atoms with Crippen molar-refractivity contribution in [3.63, 3.8) is 0 Å². The van der Waals surface area contributed by atoms with Crippen LogP contribution in [0, 0.1) is 17.8 Å². The van der Waals surface area contributed by atoms with Crippen molar-refractivity contribution in [1.82, 2.24) is 0 Å². The summed E-state index contributed by atoms with van der Waals surface area (Å²) in [7, 11) is 0. The Kier molecular flexibility index (Phi) is 11.8. The van der Waals surface area contributed by atoms with Gasteiger partial charge in [-0.25, -0.2) is 0 Å². The standard InChI is InChI=1S/C21H38O4/c1-2-3-6-9-17(16-22)12-13-18-14-15-20(23)19(18)10-7-4-5-8-11-21(24)25/h17-19,22H,2-16H2,1H3,(H,24,25)/t17?,18-,19+/m0/s1. The summed E-state index contributed by atoms with van der Waals surface area (Å²) in [6.07, 6.45) is 13.6. The SMILES string of the molecule is CCCCCC(CO)CC[C@H]1CCC(=O)[C@@H]1CCCCCCC(=O)O. The van der Waals surface area contributed by atoms with Crippen LogP contribution in [-0.2, 0) is 9.59 Å². The van der Waals surface area contributed by atoms with Crippen molar-refractivity contribution in [3.05, 3.63) is 0 Å². The number of carboxylic acid groups (broad SMARTS) is 1. The second-order valence-corrected chi connectivity index (χ2v) is 7.84. The van der Waals surface area contributed by atoms with Gasteiger partial charge in [-0.2, -0.15) is 0 Å². The molecule has 1 unspecified atom stereocenters. The zero-order valence-electron chi connectivity index (χ0n) is 16.0. The smallest absolute Gasteiger partial charge is 0.303 e. The van der Waals surface area contributed by atoms with Gasteiger partial charge in [-0.3, -0.25) is 9.59 Å². The Hall–Kier alpha value is -0.900. The molecule has 4 nitrogen and oxygen atoms in total. The molecule has 0 aromatic rings. The van der Waals surface area contributed by atoms with E-state index in [1.165, 1.54) is 19.3 Å². The second-order valence-electron chi connectivity index (χ2n) is 7.84. The van der Waals surface area contributed by atoms with Crippen molar-refractivity contribution < 1.29 is 19.8 Å². The Morgan fingerprint density at radius 1 is 1.08 bits per heavy atom. The van der Waals surface area contributed by atoms with Crippen LogP contribution in [0.5, 0.6) is 0 Å². The quantitative estimate of drug-likeness (QED) is 0.407. The van der Waals surface area contributed by atoms with Crippen molar-refractivity contribution >= 4 is 11.8 Å². The molecule has 4 heteroatoms. The number of Topliss-reactive ketones (excluding diaryl/α,β-unsaturated/α-hetero) is 1. The van der Waals surface area contributed by atoms with E-state index < -0.39 is 5.97 Å². The Bertz CT molecular complexity index is 380. The lowest BCUT2D eigenvalue weighted by atomic mass is 9.84. The number of aliphatic carboxylic acids is 1. The number of carbonyl (C=O) groups is 2. The fourth-order valence-corrected chi connectivity index (χ4v) is 4.17. The molecular weight excluding hydrogens is 316 g/mol. The molecule has 1 fully saturated rings. The van der Waals surface area contributed by atoms with Gasteiger partial charge in [-0.1, -0.05) is 45.4 Å².